The van der Waals surface area contributed by atoms with Gasteiger partial charge in [-0.3, -0.25) is 4.79 Å². The lowest BCUT2D eigenvalue weighted by molar-refractivity contribution is 0.0949. The number of phenols is 1. The highest BCUT2D eigenvalue weighted by Crippen LogP contribution is 2.27. The van der Waals surface area contributed by atoms with Crippen molar-refractivity contribution < 1.29 is 19.3 Å². The molecule has 2 aromatic heterocycles. The lowest BCUT2D eigenvalue weighted by Crippen LogP contribution is -2.20. The average Bonchev–Trinajstić information content (AvgIpc) is 3.45. The number of nitrogens with zero attached hydrogens (tertiary/aromatic N) is 6. The number of rotatable bonds is 8. The number of nitrogens with two attached hydrogens (primary N) is 1. The molecule has 1 amide bonds. The van der Waals surface area contributed by atoms with E-state index in [1.807, 2.05) is 31.2 Å². The Hall–Kier alpha value is -4.39. The Labute approximate surface area is 197 Å². The highest BCUT2D eigenvalue weighted by Gasteiger charge is 2.24. The predicted molar refractivity (Wildman–Crippen MR) is 124 cm³/mol. The van der Waals surface area contributed by atoms with Gasteiger partial charge in [0.2, 0.25) is 11.6 Å². The van der Waals surface area contributed by atoms with Crippen molar-refractivity contribution in [2.24, 2.45) is 5.10 Å². The summed E-state index contributed by atoms with van der Waals surface area (Å²) in [5, 5.41) is 29.0. The van der Waals surface area contributed by atoms with Crippen molar-refractivity contribution in [3.05, 3.63) is 65.0 Å². The summed E-state index contributed by atoms with van der Waals surface area (Å²) in [5.41, 5.74) is 10.5. The van der Waals surface area contributed by atoms with E-state index in [1.54, 1.807) is 12.1 Å². The average molecular weight is 481 g/mol. The number of nitrogens with one attached hydrogen (secondary N) is 1. The largest absolute Gasteiger partial charge is 0.504 e. The molecule has 0 aliphatic heterocycles. The van der Waals surface area contributed by atoms with E-state index >= 15 is 0 Å². The third kappa shape index (κ3) is 4.99. The van der Waals surface area contributed by atoms with Gasteiger partial charge in [0.15, 0.2) is 17.2 Å². The van der Waals surface area contributed by atoms with Crippen molar-refractivity contribution >= 4 is 29.7 Å². The molecule has 0 radical (unpaired) electrons. The maximum Gasteiger partial charge on any atom is 0.293 e. The first-order valence-corrected chi connectivity index (χ1v) is 10.9. The number of aromatic hydroxyl groups is 1. The van der Waals surface area contributed by atoms with Gasteiger partial charge in [0.25, 0.3) is 5.91 Å². The molecule has 2 aromatic carbocycles. The van der Waals surface area contributed by atoms with E-state index in [-0.39, 0.29) is 28.8 Å². The first kappa shape index (κ1) is 22.8. The molecule has 0 saturated heterocycles. The van der Waals surface area contributed by atoms with E-state index in [2.05, 4.69) is 35.8 Å². The fourth-order valence-electron chi connectivity index (χ4n) is 2.89. The van der Waals surface area contributed by atoms with E-state index in [1.165, 1.54) is 35.8 Å². The molecule has 4 rings (SSSR count). The molecule has 0 spiro atoms. The fraction of sp³-hybridized carbons (Fsp3) is 0.143. The number of phenolic OH excluding ortho intramolecular Hbond substituents is 1. The Morgan fingerprint density at radius 1 is 1.29 bits per heavy atom. The number of benzene rings is 2. The third-order valence-electron chi connectivity index (χ3n) is 4.65. The molecule has 0 unspecified atom stereocenters. The molecule has 0 aliphatic carbocycles. The number of thioether (sulfide) groups is 1. The Morgan fingerprint density at radius 2 is 2.09 bits per heavy atom. The van der Waals surface area contributed by atoms with Crippen LogP contribution in [0, 0.1) is 6.92 Å². The minimum Gasteiger partial charge on any atom is -0.504 e. The number of nitrogen functional groups attached to an aromatic ring is 1. The van der Waals surface area contributed by atoms with Crippen LogP contribution in [0.2, 0.25) is 0 Å². The second-order valence-electron chi connectivity index (χ2n) is 7.00. The zero-order valence-corrected chi connectivity index (χ0v) is 19.0. The van der Waals surface area contributed by atoms with Gasteiger partial charge >= 0.3 is 0 Å². The third-order valence-corrected chi connectivity index (χ3v) is 5.68. The first-order chi connectivity index (χ1) is 16.5. The summed E-state index contributed by atoms with van der Waals surface area (Å²) >= 11 is 1.49. The maximum absolute atomic E-state index is 12.9. The van der Waals surface area contributed by atoms with Gasteiger partial charge in [-0.1, -0.05) is 22.9 Å². The van der Waals surface area contributed by atoms with Crippen LogP contribution < -0.4 is 15.9 Å². The summed E-state index contributed by atoms with van der Waals surface area (Å²) in [6.45, 7) is 2.00. The summed E-state index contributed by atoms with van der Waals surface area (Å²) in [6, 6.07) is 12.6. The molecule has 13 heteroatoms. The Bertz CT molecular complexity index is 1330. The van der Waals surface area contributed by atoms with E-state index in [4.69, 9.17) is 10.5 Å². The van der Waals surface area contributed by atoms with Gasteiger partial charge in [0.05, 0.1) is 19.0 Å². The highest BCUT2D eigenvalue weighted by atomic mass is 32.2. The van der Waals surface area contributed by atoms with Gasteiger partial charge in [-0.25, -0.2) is 10.1 Å². The quantitative estimate of drug-likeness (QED) is 0.193. The van der Waals surface area contributed by atoms with Gasteiger partial charge in [-0.15, -0.1) is 16.9 Å². The minimum atomic E-state index is -0.581. The smallest absolute Gasteiger partial charge is 0.293 e. The van der Waals surface area contributed by atoms with Gasteiger partial charge in [0.1, 0.15) is 0 Å². The molecule has 0 bridgehead atoms. The predicted octanol–water partition coefficient (Wildman–Crippen LogP) is 2.31. The summed E-state index contributed by atoms with van der Waals surface area (Å²) in [5.74, 6) is 0.181. The van der Waals surface area contributed by atoms with Crippen LogP contribution in [-0.2, 0) is 5.75 Å². The van der Waals surface area contributed by atoms with Crippen LogP contribution in [0.1, 0.15) is 27.3 Å². The number of anilines is 1. The topological polar surface area (TPSA) is 167 Å². The molecule has 4 aromatic rings. The normalized spacial score (nSPS) is 11.1. The molecule has 0 atom stereocenters. The van der Waals surface area contributed by atoms with Crippen LogP contribution in [-0.4, -0.2) is 49.6 Å². The van der Waals surface area contributed by atoms with Crippen LogP contribution >= 0.6 is 11.8 Å². The molecular formula is C21H20N8O4S. The standard InChI is InChI=1S/C21H20N8O4S/c1-12-3-6-14(7-4-12)34-11-15-18(24-28-29(15)20-19(22)26-33-27-20)21(31)25-23-10-13-5-8-16(30)17(9-13)32-2/h3-10,30H,11H2,1-2H3,(H2,22,26)(H,25,31)/b23-10-. The van der Waals surface area contributed by atoms with Crippen LogP contribution in [0.3, 0.4) is 0 Å². The molecular weight excluding hydrogens is 460 g/mol. The van der Waals surface area contributed by atoms with Crippen LogP contribution in [0.5, 0.6) is 11.5 Å². The molecule has 0 saturated carbocycles. The van der Waals surface area contributed by atoms with Crippen LogP contribution in [0.25, 0.3) is 5.82 Å². The van der Waals surface area contributed by atoms with E-state index < -0.39 is 5.91 Å². The zero-order chi connectivity index (χ0) is 24.1. The Kier molecular flexibility index (Phi) is 6.73. The van der Waals surface area contributed by atoms with Gasteiger partial charge in [-0.2, -0.15) is 9.78 Å². The zero-order valence-electron chi connectivity index (χ0n) is 18.2. The molecule has 2 heterocycles. The molecule has 0 fully saturated rings. The Morgan fingerprint density at radius 3 is 2.79 bits per heavy atom. The molecule has 4 N–H and O–H groups in total. The summed E-state index contributed by atoms with van der Waals surface area (Å²) in [4.78, 5) is 13.8. The number of carbonyl (C=O) groups excluding carboxylic acids is 1. The molecule has 34 heavy (non-hydrogen) atoms. The van der Waals surface area contributed by atoms with Crippen molar-refractivity contribution in [1.29, 1.82) is 0 Å². The number of hydrazone groups is 1. The van der Waals surface area contributed by atoms with Crippen molar-refractivity contribution in [3.63, 3.8) is 0 Å². The molecule has 12 nitrogen and oxygen atoms in total. The van der Waals surface area contributed by atoms with Crippen molar-refractivity contribution in [2.75, 3.05) is 12.8 Å². The lowest BCUT2D eigenvalue weighted by atomic mass is 10.2. The monoisotopic (exact) mass is 480 g/mol. The number of hydrogen-bond donors (Lipinski definition) is 3. The van der Waals surface area contributed by atoms with Crippen molar-refractivity contribution in [2.45, 2.75) is 17.6 Å². The number of aryl methyl sites for hydroxylation is 1. The second-order valence-corrected chi connectivity index (χ2v) is 8.05. The van der Waals surface area contributed by atoms with E-state index in [0.717, 1.165) is 10.5 Å². The van der Waals surface area contributed by atoms with E-state index in [9.17, 15) is 9.90 Å². The highest BCUT2D eigenvalue weighted by molar-refractivity contribution is 7.98. The number of hydrogen-bond acceptors (Lipinski definition) is 11. The second kappa shape index (κ2) is 10.0. The fourth-order valence-corrected chi connectivity index (χ4v) is 3.79. The Balaban J connectivity index is 1.56. The van der Waals surface area contributed by atoms with Crippen molar-refractivity contribution in [3.8, 4) is 17.3 Å². The lowest BCUT2D eigenvalue weighted by Gasteiger charge is -2.06. The number of methoxy groups -OCH3 is 1. The summed E-state index contributed by atoms with van der Waals surface area (Å²) in [7, 11) is 1.44. The summed E-state index contributed by atoms with van der Waals surface area (Å²) < 4.78 is 11.0. The number of carbonyl (C=O) groups is 1. The summed E-state index contributed by atoms with van der Waals surface area (Å²) in [6.07, 6.45) is 1.41. The number of ether oxygens (including phenoxy) is 1. The minimum absolute atomic E-state index is 0.00219. The SMILES string of the molecule is COc1cc(/C=N\NC(=O)c2nnn(-c3nonc3N)c2CSc2ccc(C)cc2)ccc1O. The molecule has 174 valence electrons. The number of aromatic nitrogens is 5. The van der Waals surface area contributed by atoms with Crippen LogP contribution in [0.15, 0.2) is 57.1 Å². The van der Waals surface area contributed by atoms with Gasteiger partial charge in [0, 0.05) is 10.6 Å². The van der Waals surface area contributed by atoms with Crippen LogP contribution in [0.4, 0.5) is 5.82 Å². The maximum atomic E-state index is 12.9. The van der Waals surface area contributed by atoms with Gasteiger partial charge < -0.3 is 15.6 Å². The first-order valence-electron chi connectivity index (χ1n) is 9.89. The molecule has 0 aliphatic rings. The van der Waals surface area contributed by atoms with Gasteiger partial charge in [-0.05, 0) is 53.1 Å². The van der Waals surface area contributed by atoms with E-state index in [0.29, 0.717) is 17.0 Å². The number of amides is 1. The van der Waals surface area contributed by atoms with Crippen molar-refractivity contribution in [1.82, 2.24) is 30.7 Å².